The predicted octanol–water partition coefficient (Wildman–Crippen LogP) is 3.81. The summed E-state index contributed by atoms with van der Waals surface area (Å²) in [5.74, 6) is 0.491. The molecule has 0 spiro atoms. The molecule has 0 aliphatic heterocycles. The zero-order valence-corrected chi connectivity index (χ0v) is 10.7. The van der Waals surface area contributed by atoms with E-state index in [9.17, 15) is 4.79 Å². The molecule has 1 unspecified atom stereocenters. The summed E-state index contributed by atoms with van der Waals surface area (Å²) in [5.41, 5.74) is 0.376. The highest BCUT2D eigenvalue weighted by molar-refractivity contribution is 8.00. The molecule has 0 aromatic rings. The highest BCUT2D eigenvalue weighted by atomic mass is 32.2. The van der Waals surface area contributed by atoms with Crippen molar-refractivity contribution >= 4 is 17.5 Å². The number of carbonyl (C=O) groups excluding carboxylic acids is 1. The minimum atomic E-state index is 0.376. The van der Waals surface area contributed by atoms with E-state index in [2.05, 4.69) is 25.6 Å². The second kappa shape index (κ2) is 4.48. The zero-order valence-electron chi connectivity index (χ0n) is 9.92. The Morgan fingerprint density at radius 2 is 1.93 bits per heavy atom. The van der Waals surface area contributed by atoms with Gasteiger partial charge in [-0.3, -0.25) is 4.79 Å². The van der Waals surface area contributed by atoms with Gasteiger partial charge in [-0.15, -0.1) is 0 Å². The number of ketones is 1. The van der Waals surface area contributed by atoms with E-state index in [1.165, 1.54) is 25.7 Å². The molecule has 15 heavy (non-hydrogen) atoms. The standard InChI is InChI=1S/C13H22OS/c1-13(2)8-7-10(14)9-12(13)15-11-5-3-4-6-11/h11-12H,3-9H2,1-2H3. The molecule has 1 nitrogen and oxygen atoms in total. The Morgan fingerprint density at radius 3 is 2.60 bits per heavy atom. The summed E-state index contributed by atoms with van der Waals surface area (Å²) in [5, 5.41) is 1.43. The van der Waals surface area contributed by atoms with E-state index in [4.69, 9.17) is 0 Å². The fourth-order valence-electron chi connectivity index (χ4n) is 2.70. The first-order valence-electron chi connectivity index (χ1n) is 6.25. The van der Waals surface area contributed by atoms with Crippen molar-refractivity contribution in [1.82, 2.24) is 0 Å². The van der Waals surface area contributed by atoms with Gasteiger partial charge in [0.2, 0.25) is 0 Å². The molecule has 2 aliphatic rings. The number of hydrogen-bond acceptors (Lipinski definition) is 2. The van der Waals surface area contributed by atoms with Gasteiger partial charge < -0.3 is 0 Å². The Hall–Kier alpha value is 0.0200. The third-order valence-electron chi connectivity index (χ3n) is 3.99. The molecule has 0 aromatic carbocycles. The van der Waals surface area contributed by atoms with Gasteiger partial charge in [-0.05, 0) is 24.7 Å². The van der Waals surface area contributed by atoms with Crippen LogP contribution in [0.3, 0.4) is 0 Å². The maximum atomic E-state index is 11.5. The van der Waals surface area contributed by atoms with Crippen LogP contribution in [0.4, 0.5) is 0 Å². The van der Waals surface area contributed by atoms with Crippen molar-refractivity contribution < 1.29 is 4.79 Å². The Balaban J connectivity index is 1.94. The lowest BCUT2D eigenvalue weighted by molar-refractivity contribution is -0.121. The summed E-state index contributed by atoms with van der Waals surface area (Å²) in [4.78, 5) is 11.5. The van der Waals surface area contributed by atoms with E-state index >= 15 is 0 Å². The summed E-state index contributed by atoms with van der Waals surface area (Å²) in [6, 6.07) is 0. The fourth-order valence-corrected chi connectivity index (χ4v) is 4.54. The van der Waals surface area contributed by atoms with Gasteiger partial charge in [0.15, 0.2) is 0 Å². The molecule has 0 saturated heterocycles. The van der Waals surface area contributed by atoms with E-state index in [-0.39, 0.29) is 0 Å². The third-order valence-corrected chi connectivity index (χ3v) is 5.98. The maximum absolute atomic E-state index is 11.5. The van der Waals surface area contributed by atoms with Gasteiger partial charge in [0.05, 0.1) is 0 Å². The number of hydrogen-bond donors (Lipinski definition) is 0. The van der Waals surface area contributed by atoms with Crippen molar-refractivity contribution in [3.8, 4) is 0 Å². The first-order chi connectivity index (χ1) is 7.08. The SMILES string of the molecule is CC1(C)CCC(=O)CC1SC1CCCC1. The summed E-state index contributed by atoms with van der Waals surface area (Å²) in [7, 11) is 0. The molecule has 1 atom stereocenters. The van der Waals surface area contributed by atoms with Crippen molar-refractivity contribution in [2.75, 3.05) is 0 Å². The van der Waals surface area contributed by atoms with Gasteiger partial charge in [-0.1, -0.05) is 26.7 Å². The van der Waals surface area contributed by atoms with Gasteiger partial charge in [0.25, 0.3) is 0 Å². The molecule has 0 amide bonds. The van der Waals surface area contributed by atoms with E-state index < -0.39 is 0 Å². The molecule has 0 aromatic heterocycles. The molecule has 86 valence electrons. The minimum absolute atomic E-state index is 0.376. The van der Waals surface area contributed by atoms with E-state index in [1.54, 1.807) is 0 Å². The maximum Gasteiger partial charge on any atom is 0.134 e. The zero-order chi connectivity index (χ0) is 10.9. The monoisotopic (exact) mass is 226 g/mol. The number of carbonyl (C=O) groups is 1. The Morgan fingerprint density at radius 1 is 1.27 bits per heavy atom. The number of Topliss-reactive ketones (excluding diaryl/α,β-unsaturated/α-hetero) is 1. The lowest BCUT2D eigenvalue weighted by Gasteiger charge is -2.38. The summed E-state index contributed by atoms with van der Waals surface area (Å²) in [6.07, 6.45) is 8.30. The molecule has 0 N–H and O–H groups in total. The predicted molar refractivity (Wildman–Crippen MR) is 66.3 cm³/mol. The van der Waals surface area contributed by atoms with Crippen LogP contribution >= 0.6 is 11.8 Å². The smallest absolute Gasteiger partial charge is 0.134 e. The first kappa shape index (κ1) is 11.5. The van der Waals surface area contributed by atoms with Gasteiger partial charge in [0.1, 0.15) is 5.78 Å². The van der Waals surface area contributed by atoms with Crippen molar-refractivity contribution in [2.45, 2.75) is 69.3 Å². The van der Waals surface area contributed by atoms with Crippen LogP contribution < -0.4 is 0 Å². The van der Waals surface area contributed by atoms with Crippen molar-refractivity contribution in [2.24, 2.45) is 5.41 Å². The molecule has 2 fully saturated rings. The largest absolute Gasteiger partial charge is 0.300 e. The molecule has 2 rings (SSSR count). The molecular formula is C13H22OS. The minimum Gasteiger partial charge on any atom is -0.300 e. The second-order valence-electron chi connectivity index (χ2n) is 5.76. The highest BCUT2D eigenvalue weighted by Gasteiger charge is 2.37. The second-order valence-corrected chi connectivity index (χ2v) is 7.27. The molecule has 0 radical (unpaired) electrons. The number of rotatable bonds is 2. The topological polar surface area (TPSA) is 17.1 Å². The quantitative estimate of drug-likeness (QED) is 0.712. The average molecular weight is 226 g/mol. The Bertz CT molecular complexity index is 241. The van der Waals surface area contributed by atoms with Crippen LogP contribution in [0.5, 0.6) is 0 Å². The van der Waals surface area contributed by atoms with Crippen LogP contribution in [0, 0.1) is 5.41 Å². The lowest BCUT2D eigenvalue weighted by atomic mass is 9.76. The summed E-state index contributed by atoms with van der Waals surface area (Å²) < 4.78 is 0. The van der Waals surface area contributed by atoms with Crippen LogP contribution in [0.1, 0.15) is 58.8 Å². The first-order valence-corrected chi connectivity index (χ1v) is 7.19. The van der Waals surface area contributed by atoms with Crippen LogP contribution in [0.2, 0.25) is 0 Å². The molecule has 0 heterocycles. The summed E-state index contributed by atoms with van der Waals surface area (Å²) in [6.45, 7) is 4.68. The van der Waals surface area contributed by atoms with Gasteiger partial charge in [-0.25, -0.2) is 0 Å². The molecule has 2 saturated carbocycles. The molecule has 2 heteroatoms. The Kier molecular flexibility index (Phi) is 3.44. The summed E-state index contributed by atoms with van der Waals surface area (Å²) >= 11 is 2.12. The van der Waals surface area contributed by atoms with Gasteiger partial charge >= 0.3 is 0 Å². The number of thioether (sulfide) groups is 1. The third kappa shape index (κ3) is 2.77. The molecule has 0 bridgehead atoms. The normalized spacial score (nSPS) is 32.1. The van der Waals surface area contributed by atoms with E-state index in [0.29, 0.717) is 16.4 Å². The van der Waals surface area contributed by atoms with Crippen LogP contribution in [0.25, 0.3) is 0 Å². The van der Waals surface area contributed by atoms with E-state index in [0.717, 1.165) is 24.5 Å². The van der Waals surface area contributed by atoms with Gasteiger partial charge in [-0.2, -0.15) is 11.8 Å². The van der Waals surface area contributed by atoms with Crippen LogP contribution in [-0.2, 0) is 4.79 Å². The Labute approximate surface area is 97.4 Å². The van der Waals surface area contributed by atoms with Crippen LogP contribution in [-0.4, -0.2) is 16.3 Å². The highest BCUT2D eigenvalue weighted by Crippen LogP contribution is 2.45. The van der Waals surface area contributed by atoms with Crippen molar-refractivity contribution in [1.29, 1.82) is 0 Å². The van der Waals surface area contributed by atoms with Crippen LogP contribution in [0.15, 0.2) is 0 Å². The molecular weight excluding hydrogens is 204 g/mol. The lowest BCUT2D eigenvalue weighted by Crippen LogP contribution is -2.35. The average Bonchev–Trinajstić information content (AvgIpc) is 2.65. The fraction of sp³-hybridized carbons (Fsp3) is 0.923. The molecule has 2 aliphatic carbocycles. The van der Waals surface area contributed by atoms with Crippen molar-refractivity contribution in [3.05, 3.63) is 0 Å². The van der Waals surface area contributed by atoms with E-state index in [1.807, 2.05) is 0 Å². The van der Waals surface area contributed by atoms with Gasteiger partial charge in [0, 0.05) is 23.3 Å². The van der Waals surface area contributed by atoms with Crippen molar-refractivity contribution in [3.63, 3.8) is 0 Å².